The fraction of sp³-hybridized carbons (Fsp3) is 0.375. The van der Waals surface area contributed by atoms with Crippen molar-refractivity contribution in [3.63, 3.8) is 0 Å². The lowest BCUT2D eigenvalue weighted by Gasteiger charge is -2.15. The van der Waals surface area contributed by atoms with Gasteiger partial charge in [-0.15, -0.1) is 0 Å². The Morgan fingerprint density at radius 1 is 0.969 bits per heavy atom. The molecule has 4 rings (SSSR count). The number of fused-ring (bicyclic) bond motifs is 3. The number of aromatic amines is 1. The van der Waals surface area contributed by atoms with Crippen LogP contribution in [-0.4, -0.2) is 50.8 Å². The van der Waals surface area contributed by atoms with Gasteiger partial charge < -0.3 is 24.3 Å². The summed E-state index contributed by atoms with van der Waals surface area (Å²) in [6.07, 6.45) is 2.27. The molecule has 2 aromatic carbocycles. The first kappa shape index (κ1) is 22.1. The summed E-state index contributed by atoms with van der Waals surface area (Å²) < 4.78 is 35.8. The highest BCUT2D eigenvalue weighted by Gasteiger charge is 2.27. The number of rotatable bonds is 12. The number of nitrogens with one attached hydrogen (secondary N) is 2. The van der Waals surface area contributed by atoms with Crippen LogP contribution in [-0.2, 0) is 15.9 Å². The number of methoxy groups -OCH3 is 2. The topological polar surface area (TPSA) is 77.6 Å². The third kappa shape index (κ3) is 5.03. The van der Waals surface area contributed by atoms with Gasteiger partial charge >= 0.3 is 0 Å². The van der Waals surface area contributed by atoms with Crippen molar-refractivity contribution in [2.24, 2.45) is 0 Å². The van der Waals surface area contributed by atoms with Gasteiger partial charge in [-0.05, 0) is 35.9 Å². The molecular weight excluding hydrogens is 413 g/mol. The minimum absolute atomic E-state index is 0.292. The van der Waals surface area contributed by atoms with E-state index in [0.717, 1.165) is 41.0 Å². The van der Waals surface area contributed by atoms with E-state index in [1.807, 2.05) is 18.2 Å². The molecule has 0 saturated heterocycles. The number of halogens is 1. The summed E-state index contributed by atoms with van der Waals surface area (Å²) in [5.41, 5.74) is 4.69. The fourth-order valence-electron chi connectivity index (χ4n) is 3.73. The molecule has 0 fully saturated rings. The summed E-state index contributed by atoms with van der Waals surface area (Å²) in [6, 6.07) is 10.4. The van der Waals surface area contributed by atoms with Crippen LogP contribution in [0.4, 0.5) is 15.9 Å². The first-order chi connectivity index (χ1) is 15.7. The fourth-order valence-corrected chi connectivity index (χ4v) is 3.73. The zero-order valence-electron chi connectivity index (χ0n) is 18.4. The second-order valence-electron chi connectivity index (χ2n) is 7.58. The van der Waals surface area contributed by atoms with E-state index < -0.39 is 0 Å². The maximum absolute atomic E-state index is 13.6. The molecule has 0 atom stereocenters. The van der Waals surface area contributed by atoms with Crippen LogP contribution in [0.3, 0.4) is 0 Å². The van der Waals surface area contributed by atoms with E-state index >= 15 is 0 Å². The SMILES string of the molecule is COCCCOc1cc2c(cc1OCCCOC)-c1n[nH]c(Nc3cccc(F)c3)c1C2. The van der Waals surface area contributed by atoms with E-state index in [9.17, 15) is 4.39 Å². The molecule has 0 saturated carbocycles. The third-order valence-corrected chi connectivity index (χ3v) is 5.25. The van der Waals surface area contributed by atoms with Gasteiger partial charge in [-0.3, -0.25) is 5.10 Å². The van der Waals surface area contributed by atoms with Crippen LogP contribution >= 0.6 is 0 Å². The Morgan fingerprint density at radius 2 is 1.69 bits per heavy atom. The number of ether oxygens (including phenoxy) is 4. The molecule has 0 spiro atoms. The molecule has 1 heterocycles. The van der Waals surface area contributed by atoms with E-state index in [-0.39, 0.29) is 5.82 Å². The van der Waals surface area contributed by atoms with Gasteiger partial charge in [0.2, 0.25) is 0 Å². The van der Waals surface area contributed by atoms with E-state index in [4.69, 9.17) is 18.9 Å². The average Bonchev–Trinajstić information content (AvgIpc) is 3.33. The largest absolute Gasteiger partial charge is 0.490 e. The monoisotopic (exact) mass is 441 g/mol. The van der Waals surface area contributed by atoms with Crippen LogP contribution in [0, 0.1) is 5.82 Å². The van der Waals surface area contributed by atoms with Crippen LogP contribution in [0.5, 0.6) is 11.5 Å². The highest BCUT2D eigenvalue weighted by atomic mass is 19.1. The van der Waals surface area contributed by atoms with Gasteiger partial charge in [-0.25, -0.2) is 4.39 Å². The van der Waals surface area contributed by atoms with E-state index in [1.165, 1.54) is 12.1 Å². The smallest absolute Gasteiger partial charge is 0.161 e. The van der Waals surface area contributed by atoms with E-state index in [2.05, 4.69) is 15.5 Å². The number of benzene rings is 2. The normalized spacial score (nSPS) is 11.8. The zero-order valence-corrected chi connectivity index (χ0v) is 18.4. The molecule has 7 nitrogen and oxygen atoms in total. The molecular formula is C24H28FN3O4. The van der Waals surface area contributed by atoms with Gasteiger partial charge in [0.25, 0.3) is 0 Å². The summed E-state index contributed by atoms with van der Waals surface area (Å²) in [5, 5.41) is 10.8. The average molecular weight is 442 g/mol. The second kappa shape index (κ2) is 10.5. The third-order valence-electron chi connectivity index (χ3n) is 5.25. The van der Waals surface area contributed by atoms with Gasteiger partial charge in [0.15, 0.2) is 11.5 Å². The Labute approximate surface area is 186 Å². The highest BCUT2D eigenvalue weighted by molar-refractivity contribution is 5.81. The number of aromatic nitrogens is 2. The maximum Gasteiger partial charge on any atom is 0.161 e. The molecule has 0 amide bonds. The predicted molar refractivity (Wildman–Crippen MR) is 120 cm³/mol. The van der Waals surface area contributed by atoms with Crippen molar-refractivity contribution in [3.8, 4) is 22.8 Å². The summed E-state index contributed by atoms with van der Waals surface area (Å²) in [5.74, 6) is 1.87. The zero-order chi connectivity index (χ0) is 22.3. The minimum Gasteiger partial charge on any atom is -0.490 e. The Balaban J connectivity index is 1.56. The quantitative estimate of drug-likeness (QED) is 0.311. The van der Waals surface area contributed by atoms with Crippen molar-refractivity contribution < 1.29 is 23.3 Å². The first-order valence-electron chi connectivity index (χ1n) is 10.7. The van der Waals surface area contributed by atoms with Gasteiger partial charge in [-0.2, -0.15) is 5.10 Å². The van der Waals surface area contributed by atoms with Gasteiger partial charge in [-0.1, -0.05) is 6.07 Å². The van der Waals surface area contributed by atoms with Gasteiger partial charge in [0, 0.05) is 63.5 Å². The van der Waals surface area contributed by atoms with Gasteiger partial charge in [0.05, 0.1) is 18.9 Å². The number of H-pyrrole nitrogens is 1. The van der Waals surface area contributed by atoms with E-state index in [0.29, 0.717) is 50.0 Å². The molecule has 3 aromatic rings. The Kier molecular flexibility index (Phi) is 7.24. The molecule has 170 valence electrons. The van der Waals surface area contributed by atoms with Crippen LogP contribution in [0.1, 0.15) is 24.0 Å². The molecule has 2 N–H and O–H groups in total. The number of hydrogen-bond acceptors (Lipinski definition) is 6. The summed E-state index contributed by atoms with van der Waals surface area (Å²) in [7, 11) is 3.35. The summed E-state index contributed by atoms with van der Waals surface area (Å²) in [4.78, 5) is 0. The van der Waals surface area contributed by atoms with Crippen molar-refractivity contribution in [1.29, 1.82) is 0 Å². The Bertz CT molecular complexity index is 1050. The van der Waals surface area contributed by atoms with Crippen LogP contribution in [0.2, 0.25) is 0 Å². The lowest BCUT2D eigenvalue weighted by molar-refractivity contribution is 0.163. The van der Waals surface area contributed by atoms with Crippen LogP contribution in [0.15, 0.2) is 36.4 Å². The number of hydrogen-bond donors (Lipinski definition) is 2. The molecule has 0 aliphatic heterocycles. The Hall–Kier alpha value is -3.10. The lowest BCUT2D eigenvalue weighted by atomic mass is 10.1. The molecule has 0 bridgehead atoms. The summed E-state index contributed by atoms with van der Waals surface area (Å²) in [6.45, 7) is 2.34. The first-order valence-corrected chi connectivity index (χ1v) is 10.7. The van der Waals surface area contributed by atoms with E-state index in [1.54, 1.807) is 20.3 Å². The predicted octanol–water partition coefficient (Wildman–Crippen LogP) is 4.69. The van der Waals surface area contributed by atoms with Crippen molar-refractivity contribution in [3.05, 3.63) is 53.3 Å². The highest BCUT2D eigenvalue weighted by Crippen LogP contribution is 2.44. The van der Waals surface area contributed by atoms with Crippen LogP contribution in [0.25, 0.3) is 11.3 Å². The molecule has 1 aromatic heterocycles. The Morgan fingerprint density at radius 3 is 2.38 bits per heavy atom. The van der Waals surface area contributed by atoms with Crippen molar-refractivity contribution >= 4 is 11.5 Å². The molecule has 0 unspecified atom stereocenters. The lowest BCUT2D eigenvalue weighted by Crippen LogP contribution is -2.06. The van der Waals surface area contributed by atoms with Crippen molar-refractivity contribution in [2.75, 3.05) is 46.0 Å². The van der Waals surface area contributed by atoms with Crippen molar-refractivity contribution in [2.45, 2.75) is 19.3 Å². The molecule has 32 heavy (non-hydrogen) atoms. The molecule has 1 aliphatic rings. The van der Waals surface area contributed by atoms with Crippen LogP contribution < -0.4 is 14.8 Å². The minimum atomic E-state index is -0.292. The molecule has 1 aliphatic carbocycles. The van der Waals surface area contributed by atoms with Gasteiger partial charge in [0.1, 0.15) is 11.6 Å². The van der Waals surface area contributed by atoms with Crippen molar-refractivity contribution in [1.82, 2.24) is 10.2 Å². The second-order valence-corrected chi connectivity index (χ2v) is 7.58. The molecule has 0 radical (unpaired) electrons. The number of anilines is 2. The number of nitrogens with zero attached hydrogens (tertiary/aromatic N) is 1. The standard InChI is InChI=1S/C24H28FN3O4/c1-29-8-4-10-31-21-13-16-12-20-23(19(16)15-22(21)32-11-5-9-30-2)27-28-24(20)26-18-7-3-6-17(25)14-18/h3,6-7,13-15H,4-5,8-12H2,1-2H3,(H2,26,27,28). The summed E-state index contributed by atoms with van der Waals surface area (Å²) >= 11 is 0. The molecule has 8 heteroatoms. The maximum atomic E-state index is 13.6.